The number of rotatable bonds is 12. The van der Waals surface area contributed by atoms with Gasteiger partial charge >= 0.3 is 0 Å². The largest absolute Gasteiger partial charge is 0.389 e. The fourth-order valence-corrected chi connectivity index (χ4v) is 2.09. The first-order valence-electron chi connectivity index (χ1n) is 7.55. The Labute approximate surface area is 108 Å². The molecule has 1 unspecified atom stereocenters. The van der Waals surface area contributed by atoms with Gasteiger partial charge in [-0.2, -0.15) is 0 Å². The Bertz CT molecular complexity index is 157. The van der Waals surface area contributed by atoms with Crippen molar-refractivity contribution in [3.8, 4) is 0 Å². The van der Waals surface area contributed by atoms with E-state index in [1.54, 1.807) is 0 Å². The molecular formula is C15H33NO. The molecule has 0 aromatic rings. The molecule has 0 fully saturated rings. The van der Waals surface area contributed by atoms with Crippen molar-refractivity contribution in [1.82, 2.24) is 5.32 Å². The second kappa shape index (κ2) is 11.0. The summed E-state index contributed by atoms with van der Waals surface area (Å²) in [6.07, 6.45) is 11.3. The van der Waals surface area contributed by atoms with Crippen molar-refractivity contribution in [3.05, 3.63) is 0 Å². The van der Waals surface area contributed by atoms with Crippen LogP contribution in [0.15, 0.2) is 0 Å². The summed E-state index contributed by atoms with van der Waals surface area (Å²) >= 11 is 0. The first kappa shape index (κ1) is 16.9. The van der Waals surface area contributed by atoms with Crippen LogP contribution in [0, 0.1) is 0 Å². The van der Waals surface area contributed by atoms with Crippen molar-refractivity contribution in [2.45, 2.75) is 84.2 Å². The predicted molar refractivity (Wildman–Crippen MR) is 76.4 cm³/mol. The number of aliphatic hydroxyl groups is 1. The van der Waals surface area contributed by atoms with E-state index in [1.165, 1.54) is 38.5 Å². The highest BCUT2D eigenvalue weighted by atomic mass is 16.3. The Hall–Kier alpha value is -0.0800. The summed E-state index contributed by atoms with van der Waals surface area (Å²) in [5.74, 6) is 0. The fraction of sp³-hybridized carbons (Fsp3) is 1.00. The minimum atomic E-state index is -0.515. The first-order chi connectivity index (χ1) is 8.12. The number of nitrogens with one attached hydrogen (secondary N) is 1. The third kappa shape index (κ3) is 12.2. The van der Waals surface area contributed by atoms with Crippen LogP contribution in [-0.4, -0.2) is 23.8 Å². The normalized spacial score (nSPS) is 14.8. The van der Waals surface area contributed by atoms with Crippen LogP contribution in [-0.2, 0) is 0 Å². The Morgan fingerprint density at radius 1 is 0.882 bits per heavy atom. The molecule has 0 aliphatic heterocycles. The molecule has 2 N–H and O–H groups in total. The monoisotopic (exact) mass is 243 g/mol. The van der Waals surface area contributed by atoms with Crippen LogP contribution in [0.5, 0.6) is 0 Å². The molecule has 0 heterocycles. The minimum absolute atomic E-state index is 0.515. The molecule has 0 aromatic carbocycles. The van der Waals surface area contributed by atoms with Gasteiger partial charge in [0.05, 0.1) is 5.60 Å². The van der Waals surface area contributed by atoms with E-state index in [2.05, 4.69) is 19.2 Å². The average molecular weight is 243 g/mol. The highest BCUT2D eigenvalue weighted by Crippen LogP contribution is 2.15. The highest BCUT2D eigenvalue weighted by molar-refractivity contribution is 4.75. The quantitative estimate of drug-likeness (QED) is 0.510. The molecule has 0 amide bonds. The van der Waals surface area contributed by atoms with Gasteiger partial charge in [0.15, 0.2) is 0 Å². The third-order valence-electron chi connectivity index (χ3n) is 3.25. The van der Waals surface area contributed by atoms with Crippen LogP contribution in [0.3, 0.4) is 0 Å². The first-order valence-corrected chi connectivity index (χ1v) is 7.55. The van der Waals surface area contributed by atoms with Crippen LogP contribution in [0.1, 0.15) is 78.6 Å². The lowest BCUT2D eigenvalue weighted by Crippen LogP contribution is -2.38. The van der Waals surface area contributed by atoms with Gasteiger partial charge < -0.3 is 10.4 Å². The number of unbranched alkanes of at least 4 members (excludes halogenated alkanes) is 6. The fourth-order valence-electron chi connectivity index (χ4n) is 2.09. The van der Waals surface area contributed by atoms with Crippen LogP contribution in [0.25, 0.3) is 0 Å². The molecule has 0 aliphatic rings. The molecule has 2 nitrogen and oxygen atoms in total. The molecule has 104 valence electrons. The van der Waals surface area contributed by atoms with E-state index < -0.39 is 5.60 Å². The highest BCUT2D eigenvalue weighted by Gasteiger charge is 2.18. The molecule has 2 heteroatoms. The summed E-state index contributed by atoms with van der Waals surface area (Å²) in [7, 11) is 0. The Balaban J connectivity index is 3.32. The maximum Gasteiger partial charge on any atom is 0.0743 e. The lowest BCUT2D eigenvalue weighted by molar-refractivity contribution is 0.0483. The maximum absolute atomic E-state index is 10.1. The van der Waals surface area contributed by atoms with E-state index in [4.69, 9.17) is 0 Å². The summed E-state index contributed by atoms with van der Waals surface area (Å²) in [6.45, 7) is 8.09. The molecule has 0 bridgehead atoms. The van der Waals surface area contributed by atoms with Crippen molar-refractivity contribution in [3.63, 3.8) is 0 Å². The van der Waals surface area contributed by atoms with Gasteiger partial charge in [0.25, 0.3) is 0 Å². The van der Waals surface area contributed by atoms with E-state index in [0.717, 1.165) is 32.4 Å². The van der Waals surface area contributed by atoms with E-state index in [-0.39, 0.29) is 0 Å². The molecule has 0 spiro atoms. The maximum atomic E-state index is 10.1. The molecule has 0 saturated carbocycles. The van der Waals surface area contributed by atoms with E-state index >= 15 is 0 Å². The molecule has 0 aromatic heterocycles. The van der Waals surface area contributed by atoms with Crippen molar-refractivity contribution < 1.29 is 5.11 Å². The Morgan fingerprint density at radius 2 is 1.47 bits per heavy atom. The topological polar surface area (TPSA) is 32.3 Å². The predicted octanol–water partition coefficient (Wildman–Crippen LogP) is 3.88. The van der Waals surface area contributed by atoms with Gasteiger partial charge in [-0.3, -0.25) is 0 Å². The molecule has 0 rings (SSSR count). The van der Waals surface area contributed by atoms with Crippen molar-refractivity contribution >= 4 is 0 Å². The summed E-state index contributed by atoms with van der Waals surface area (Å²) in [4.78, 5) is 0. The molecule has 17 heavy (non-hydrogen) atoms. The Kier molecular flexibility index (Phi) is 11.0. The van der Waals surface area contributed by atoms with Gasteiger partial charge in [0.1, 0.15) is 0 Å². The van der Waals surface area contributed by atoms with Gasteiger partial charge in [-0.15, -0.1) is 0 Å². The third-order valence-corrected chi connectivity index (χ3v) is 3.25. The van der Waals surface area contributed by atoms with Crippen molar-refractivity contribution in [2.75, 3.05) is 13.1 Å². The molecule has 0 saturated heterocycles. The average Bonchev–Trinajstić information content (AvgIpc) is 2.28. The SMILES string of the molecule is CCCCCCCCCC(C)(O)CNCCC. The Morgan fingerprint density at radius 3 is 2.06 bits per heavy atom. The van der Waals surface area contributed by atoms with Crippen molar-refractivity contribution in [2.24, 2.45) is 0 Å². The molecule has 0 radical (unpaired) electrons. The van der Waals surface area contributed by atoms with E-state index in [9.17, 15) is 5.11 Å². The van der Waals surface area contributed by atoms with Crippen LogP contribution in [0.2, 0.25) is 0 Å². The standard InChI is InChI=1S/C15H33NO/c1-4-6-7-8-9-10-11-12-15(3,17)14-16-13-5-2/h16-17H,4-14H2,1-3H3. The summed E-state index contributed by atoms with van der Waals surface area (Å²) < 4.78 is 0. The lowest BCUT2D eigenvalue weighted by Gasteiger charge is -2.23. The van der Waals surface area contributed by atoms with Crippen LogP contribution in [0.4, 0.5) is 0 Å². The number of hydrogen-bond acceptors (Lipinski definition) is 2. The summed E-state index contributed by atoms with van der Waals surface area (Å²) in [6, 6.07) is 0. The van der Waals surface area contributed by atoms with E-state index in [1.807, 2.05) is 6.92 Å². The second-order valence-corrected chi connectivity index (χ2v) is 5.55. The van der Waals surface area contributed by atoms with Gasteiger partial charge in [-0.1, -0.05) is 58.8 Å². The zero-order valence-corrected chi connectivity index (χ0v) is 12.2. The molecule has 0 aliphatic carbocycles. The van der Waals surface area contributed by atoms with Gasteiger partial charge in [-0.25, -0.2) is 0 Å². The van der Waals surface area contributed by atoms with Gasteiger partial charge in [-0.05, 0) is 26.3 Å². The smallest absolute Gasteiger partial charge is 0.0743 e. The van der Waals surface area contributed by atoms with E-state index in [0.29, 0.717) is 0 Å². The van der Waals surface area contributed by atoms with Crippen molar-refractivity contribution in [1.29, 1.82) is 0 Å². The zero-order valence-electron chi connectivity index (χ0n) is 12.2. The minimum Gasteiger partial charge on any atom is -0.389 e. The second-order valence-electron chi connectivity index (χ2n) is 5.55. The summed E-state index contributed by atoms with van der Waals surface area (Å²) in [5, 5.41) is 13.4. The summed E-state index contributed by atoms with van der Waals surface area (Å²) in [5.41, 5.74) is -0.515. The van der Waals surface area contributed by atoms with Gasteiger partial charge in [0.2, 0.25) is 0 Å². The van der Waals surface area contributed by atoms with Gasteiger partial charge in [0, 0.05) is 6.54 Å². The zero-order chi connectivity index (χ0) is 13.0. The lowest BCUT2D eigenvalue weighted by atomic mass is 9.97. The number of hydrogen-bond donors (Lipinski definition) is 2. The van der Waals surface area contributed by atoms with Crippen LogP contribution < -0.4 is 5.32 Å². The molecule has 1 atom stereocenters. The van der Waals surface area contributed by atoms with Crippen LogP contribution >= 0.6 is 0 Å². The molecular weight excluding hydrogens is 210 g/mol.